The largest absolute Gasteiger partial charge is 0.329 e. The third kappa shape index (κ3) is 3.25. The van der Waals surface area contributed by atoms with Crippen LogP contribution in [0.5, 0.6) is 0 Å². The minimum Gasteiger partial charge on any atom is -0.329 e. The van der Waals surface area contributed by atoms with Crippen LogP contribution in [-0.2, 0) is 0 Å². The average molecular weight is 283 g/mol. The first kappa shape index (κ1) is 14.5. The van der Waals surface area contributed by atoms with Gasteiger partial charge in [0.15, 0.2) is 0 Å². The molecule has 0 amide bonds. The number of rotatable bonds is 6. The topological polar surface area (TPSA) is 42.1 Å². The van der Waals surface area contributed by atoms with Crippen LogP contribution in [0.4, 0.5) is 0 Å². The van der Waals surface area contributed by atoms with Gasteiger partial charge in [-0.1, -0.05) is 26.0 Å². The molecule has 0 spiro atoms. The van der Waals surface area contributed by atoms with E-state index in [4.69, 9.17) is 5.73 Å². The lowest BCUT2D eigenvalue weighted by atomic mass is 10.0. The number of hydrogen-bond acceptors (Lipinski definition) is 3. The van der Waals surface area contributed by atoms with Gasteiger partial charge in [-0.3, -0.25) is 9.88 Å². The van der Waals surface area contributed by atoms with E-state index in [2.05, 4.69) is 48.0 Å². The summed E-state index contributed by atoms with van der Waals surface area (Å²) in [5, 5.41) is 1.20. The SMILES string of the molecule is CC(C)CN(C1CC1)C(CN)c1ccc2ncccc2c1. The summed E-state index contributed by atoms with van der Waals surface area (Å²) in [6, 6.07) is 11.8. The van der Waals surface area contributed by atoms with E-state index in [0.29, 0.717) is 18.5 Å². The monoisotopic (exact) mass is 283 g/mol. The highest BCUT2D eigenvalue weighted by Crippen LogP contribution is 2.35. The number of benzene rings is 1. The summed E-state index contributed by atoms with van der Waals surface area (Å²) in [5.74, 6) is 0.668. The van der Waals surface area contributed by atoms with Crippen LogP contribution in [0.1, 0.15) is 38.3 Å². The molecular formula is C18H25N3. The van der Waals surface area contributed by atoms with Crippen molar-refractivity contribution in [2.75, 3.05) is 13.1 Å². The second-order valence-electron chi connectivity index (χ2n) is 6.53. The number of hydrogen-bond donors (Lipinski definition) is 1. The summed E-state index contributed by atoms with van der Waals surface area (Å²) < 4.78 is 0. The molecule has 2 aromatic rings. The molecule has 1 saturated carbocycles. The van der Waals surface area contributed by atoms with Crippen LogP contribution in [0.2, 0.25) is 0 Å². The van der Waals surface area contributed by atoms with Crippen LogP contribution in [0, 0.1) is 5.92 Å². The lowest BCUT2D eigenvalue weighted by Gasteiger charge is -2.33. The van der Waals surface area contributed by atoms with Crippen LogP contribution in [0.15, 0.2) is 36.5 Å². The zero-order valence-corrected chi connectivity index (χ0v) is 13.0. The van der Waals surface area contributed by atoms with Gasteiger partial charge in [0.1, 0.15) is 0 Å². The second-order valence-corrected chi connectivity index (χ2v) is 6.53. The molecule has 1 aromatic carbocycles. The van der Waals surface area contributed by atoms with E-state index in [1.807, 2.05) is 12.3 Å². The fourth-order valence-electron chi connectivity index (χ4n) is 3.12. The first-order chi connectivity index (χ1) is 10.2. The maximum atomic E-state index is 6.13. The van der Waals surface area contributed by atoms with Gasteiger partial charge in [-0.25, -0.2) is 0 Å². The minimum atomic E-state index is 0.324. The van der Waals surface area contributed by atoms with E-state index in [9.17, 15) is 0 Å². The average Bonchev–Trinajstić information content (AvgIpc) is 3.31. The third-order valence-electron chi connectivity index (χ3n) is 4.23. The van der Waals surface area contributed by atoms with E-state index >= 15 is 0 Å². The molecule has 3 nitrogen and oxygen atoms in total. The molecule has 1 heterocycles. The Labute approximate surface area is 127 Å². The molecule has 3 rings (SSSR count). The summed E-state index contributed by atoms with van der Waals surface area (Å²) in [5.41, 5.74) is 8.51. The van der Waals surface area contributed by atoms with Crippen molar-refractivity contribution < 1.29 is 0 Å². The fourth-order valence-corrected chi connectivity index (χ4v) is 3.12. The predicted octanol–water partition coefficient (Wildman–Crippen LogP) is 3.36. The quantitative estimate of drug-likeness (QED) is 0.884. The van der Waals surface area contributed by atoms with Crippen molar-refractivity contribution in [2.24, 2.45) is 11.7 Å². The Hall–Kier alpha value is -1.45. The molecule has 112 valence electrons. The third-order valence-corrected chi connectivity index (χ3v) is 4.23. The summed E-state index contributed by atoms with van der Waals surface area (Å²) in [6.45, 7) is 6.37. The highest BCUT2D eigenvalue weighted by atomic mass is 15.2. The van der Waals surface area contributed by atoms with E-state index in [-0.39, 0.29) is 0 Å². The van der Waals surface area contributed by atoms with Gasteiger partial charge in [0.2, 0.25) is 0 Å². The first-order valence-electron chi connectivity index (χ1n) is 7.99. The summed E-state index contributed by atoms with van der Waals surface area (Å²) in [4.78, 5) is 7.02. The van der Waals surface area contributed by atoms with Crippen molar-refractivity contribution in [3.8, 4) is 0 Å². The maximum absolute atomic E-state index is 6.13. The Morgan fingerprint density at radius 1 is 1.29 bits per heavy atom. The Bertz CT molecular complexity index is 604. The van der Waals surface area contributed by atoms with Crippen LogP contribution in [-0.4, -0.2) is 29.0 Å². The molecule has 3 heteroatoms. The maximum Gasteiger partial charge on any atom is 0.0702 e. The van der Waals surface area contributed by atoms with Crippen LogP contribution in [0.25, 0.3) is 10.9 Å². The number of nitrogens with two attached hydrogens (primary N) is 1. The van der Waals surface area contributed by atoms with Crippen LogP contribution in [0.3, 0.4) is 0 Å². The van der Waals surface area contributed by atoms with Gasteiger partial charge >= 0.3 is 0 Å². The van der Waals surface area contributed by atoms with Crippen molar-refractivity contribution in [1.82, 2.24) is 9.88 Å². The van der Waals surface area contributed by atoms with E-state index in [1.54, 1.807) is 0 Å². The Balaban J connectivity index is 1.92. The molecule has 1 fully saturated rings. The molecule has 0 saturated heterocycles. The molecule has 2 N–H and O–H groups in total. The first-order valence-corrected chi connectivity index (χ1v) is 7.99. The molecule has 0 bridgehead atoms. The zero-order valence-electron chi connectivity index (χ0n) is 13.0. The van der Waals surface area contributed by atoms with E-state index < -0.39 is 0 Å². The highest BCUT2D eigenvalue weighted by Gasteiger charge is 2.34. The second kappa shape index (κ2) is 6.12. The van der Waals surface area contributed by atoms with Crippen molar-refractivity contribution in [1.29, 1.82) is 0 Å². The predicted molar refractivity (Wildman–Crippen MR) is 88.1 cm³/mol. The zero-order chi connectivity index (χ0) is 14.8. The molecule has 21 heavy (non-hydrogen) atoms. The normalized spacial score (nSPS) is 16.8. The molecule has 1 unspecified atom stereocenters. The number of aromatic nitrogens is 1. The van der Waals surface area contributed by atoms with Gasteiger partial charge in [0.05, 0.1) is 5.52 Å². The number of fused-ring (bicyclic) bond motifs is 1. The smallest absolute Gasteiger partial charge is 0.0702 e. The number of nitrogens with zero attached hydrogens (tertiary/aromatic N) is 2. The standard InChI is InChI=1S/C18H25N3/c1-13(2)12-21(16-6-7-16)18(11-19)15-5-8-17-14(10-15)4-3-9-20-17/h3-5,8-10,13,16,18H,6-7,11-12,19H2,1-2H3. The molecule has 1 aliphatic rings. The van der Waals surface area contributed by atoms with Crippen molar-refractivity contribution in [3.63, 3.8) is 0 Å². The highest BCUT2D eigenvalue weighted by molar-refractivity contribution is 5.79. The summed E-state index contributed by atoms with van der Waals surface area (Å²) in [7, 11) is 0. The molecule has 1 atom stereocenters. The molecule has 0 aliphatic heterocycles. The molecule has 0 radical (unpaired) electrons. The van der Waals surface area contributed by atoms with Gasteiger partial charge in [-0.2, -0.15) is 0 Å². The van der Waals surface area contributed by atoms with Gasteiger partial charge in [-0.05, 0) is 42.5 Å². The molecule has 1 aliphatic carbocycles. The number of pyridine rings is 1. The molecule has 1 aromatic heterocycles. The van der Waals surface area contributed by atoms with E-state index in [0.717, 1.165) is 18.1 Å². The lowest BCUT2D eigenvalue weighted by molar-refractivity contribution is 0.170. The lowest BCUT2D eigenvalue weighted by Crippen LogP contribution is -2.38. The van der Waals surface area contributed by atoms with Crippen molar-refractivity contribution >= 4 is 10.9 Å². The Kier molecular flexibility index (Phi) is 4.22. The van der Waals surface area contributed by atoms with Gasteiger partial charge in [-0.15, -0.1) is 0 Å². The summed E-state index contributed by atoms with van der Waals surface area (Å²) >= 11 is 0. The van der Waals surface area contributed by atoms with Gasteiger partial charge in [0, 0.05) is 36.8 Å². The van der Waals surface area contributed by atoms with E-state index in [1.165, 1.54) is 23.8 Å². The van der Waals surface area contributed by atoms with Crippen molar-refractivity contribution in [2.45, 2.75) is 38.8 Å². The van der Waals surface area contributed by atoms with Crippen LogP contribution < -0.4 is 5.73 Å². The minimum absolute atomic E-state index is 0.324. The Morgan fingerprint density at radius 3 is 2.76 bits per heavy atom. The molecular weight excluding hydrogens is 258 g/mol. The summed E-state index contributed by atoms with van der Waals surface area (Å²) in [6.07, 6.45) is 4.48. The fraction of sp³-hybridized carbons (Fsp3) is 0.500. The van der Waals surface area contributed by atoms with Gasteiger partial charge < -0.3 is 5.73 Å². The van der Waals surface area contributed by atoms with Crippen LogP contribution >= 0.6 is 0 Å². The Morgan fingerprint density at radius 2 is 2.10 bits per heavy atom. The van der Waals surface area contributed by atoms with Gasteiger partial charge in [0.25, 0.3) is 0 Å². The van der Waals surface area contributed by atoms with Crippen molar-refractivity contribution in [3.05, 3.63) is 42.1 Å².